The van der Waals surface area contributed by atoms with E-state index in [0.29, 0.717) is 22.7 Å². The number of amides is 1. The van der Waals surface area contributed by atoms with Gasteiger partial charge in [-0.3, -0.25) is 4.79 Å². The van der Waals surface area contributed by atoms with Gasteiger partial charge in [-0.2, -0.15) is 0 Å². The van der Waals surface area contributed by atoms with E-state index in [0.717, 1.165) is 17.4 Å². The Labute approximate surface area is 118 Å². The minimum absolute atomic E-state index is 0.0713. The van der Waals surface area contributed by atoms with E-state index >= 15 is 0 Å². The molecule has 3 rings (SSSR count). The van der Waals surface area contributed by atoms with Crippen LogP contribution in [0, 0.1) is 11.3 Å². The molecule has 2 aromatic rings. The first-order valence-electron chi connectivity index (χ1n) is 6.91. The maximum absolute atomic E-state index is 12.4. The van der Waals surface area contributed by atoms with Gasteiger partial charge in [0.15, 0.2) is 0 Å². The number of rotatable bonds is 3. The highest BCUT2D eigenvalue weighted by atomic mass is 16.1. The van der Waals surface area contributed by atoms with Crippen molar-refractivity contribution in [2.45, 2.75) is 20.3 Å². The lowest BCUT2D eigenvalue weighted by molar-refractivity contribution is 0.0952. The predicted molar refractivity (Wildman–Crippen MR) is 80.4 cm³/mol. The van der Waals surface area contributed by atoms with Crippen LogP contribution in [0.5, 0.6) is 0 Å². The molecule has 4 nitrogen and oxygen atoms in total. The number of carbonyl (C=O) groups excluding carboxylic acids is 1. The molecular formula is C16H19N3O. The highest BCUT2D eigenvalue weighted by Gasteiger charge is 2.45. The Morgan fingerprint density at radius 2 is 2.15 bits per heavy atom. The summed E-state index contributed by atoms with van der Waals surface area (Å²) >= 11 is 0. The topological polar surface area (TPSA) is 68.0 Å². The first-order chi connectivity index (χ1) is 9.47. The largest absolute Gasteiger partial charge is 0.384 e. The minimum Gasteiger partial charge on any atom is -0.384 e. The molecule has 1 atom stereocenters. The average Bonchev–Trinajstić information content (AvgIpc) is 3.02. The molecule has 1 aliphatic carbocycles. The lowest BCUT2D eigenvalue weighted by atomic mass is 10.1. The summed E-state index contributed by atoms with van der Waals surface area (Å²) in [6.07, 6.45) is 1.17. The molecular weight excluding hydrogens is 250 g/mol. The number of pyridine rings is 1. The molecule has 1 saturated carbocycles. The van der Waals surface area contributed by atoms with E-state index in [-0.39, 0.29) is 5.91 Å². The zero-order chi connectivity index (χ0) is 14.3. The number of nitrogens with one attached hydrogen (secondary N) is 1. The van der Waals surface area contributed by atoms with Crippen LogP contribution in [0.15, 0.2) is 30.3 Å². The van der Waals surface area contributed by atoms with Crippen LogP contribution < -0.4 is 11.1 Å². The van der Waals surface area contributed by atoms with E-state index in [2.05, 4.69) is 24.1 Å². The summed E-state index contributed by atoms with van der Waals surface area (Å²) in [4.78, 5) is 16.6. The summed E-state index contributed by atoms with van der Waals surface area (Å²) in [7, 11) is 0. The smallest absolute Gasteiger partial charge is 0.252 e. The third kappa shape index (κ3) is 2.33. The standard InChI is InChI=1S/C16H19N3O/c1-16(2)8-10(16)9-18-15(20)12-7-14(17)19-13-6-4-3-5-11(12)13/h3-7,10H,8-9H2,1-2H3,(H2,17,19)(H,18,20). The molecule has 0 saturated heterocycles. The summed E-state index contributed by atoms with van der Waals surface area (Å²) < 4.78 is 0. The fourth-order valence-corrected chi connectivity index (χ4v) is 2.62. The second-order valence-corrected chi connectivity index (χ2v) is 6.21. The molecule has 0 bridgehead atoms. The second kappa shape index (κ2) is 4.47. The Morgan fingerprint density at radius 3 is 2.85 bits per heavy atom. The molecule has 0 radical (unpaired) electrons. The van der Waals surface area contributed by atoms with Gasteiger partial charge >= 0.3 is 0 Å². The molecule has 104 valence electrons. The van der Waals surface area contributed by atoms with Crippen LogP contribution >= 0.6 is 0 Å². The third-order valence-corrected chi connectivity index (χ3v) is 4.21. The molecule has 1 aromatic heterocycles. The summed E-state index contributed by atoms with van der Waals surface area (Å²) in [5, 5.41) is 3.86. The number of nitrogen functional groups attached to an aromatic ring is 1. The van der Waals surface area contributed by atoms with E-state index in [4.69, 9.17) is 5.73 Å². The van der Waals surface area contributed by atoms with Crippen molar-refractivity contribution in [1.82, 2.24) is 10.3 Å². The van der Waals surface area contributed by atoms with Crippen molar-refractivity contribution in [2.24, 2.45) is 11.3 Å². The quantitative estimate of drug-likeness (QED) is 0.900. The van der Waals surface area contributed by atoms with Crippen LogP contribution in [0.1, 0.15) is 30.6 Å². The van der Waals surface area contributed by atoms with Gasteiger partial charge in [-0.05, 0) is 29.9 Å². The van der Waals surface area contributed by atoms with Crippen molar-refractivity contribution in [3.8, 4) is 0 Å². The first kappa shape index (κ1) is 12.9. The molecule has 20 heavy (non-hydrogen) atoms. The molecule has 1 unspecified atom stereocenters. The Kier molecular flexibility index (Phi) is 2.89. The lowest BCUT2D eigenvalue weighted by Gasteiger charge is -2.09. The summed E-state index contributed by atoms with van der Waals surface area (Å²) in [6, 6.07) is 9.21. The van der Waals surface area contributed by atoms with Gasteiger partial charge in [0, 0.05) is 11.9 Å². The highest BCUT2D eigenvalue weighted by molar-refractivity contribution is 6.06. The monoisotopic (exact) mass is 269 g/mol. The van der Waals surface area contributed by atoms with Gasteiger partial charge in [0.25, 0.3) is 5.91 Å². The van der Waals surface area contributed by atoms with E-state index in [1.807, 2.05) is 24.3 Å². The molecule has 1 aliphatic rings. The number of hydrogen-bond acceptors (Lipinski definition) is 3. The SMILES string of the molecule is CC1(C)CC1CNC(=O)c1cc(N)nc2ccccc12. The third-order valence-electron chi connectivity index (χ3n) is 4.21. The number of benzene rings is 1. The zero-order valence-electron chi connectivity index (χ0n) is 11.8. The van der Waals surface area contributed by atoms with Gasteiger partial charge in [0.2, 0.25) is 0 Å². The van der Waals surface area contributed by atoms with E-state index in [9.17, 15) is 4.79 Å². The molecule has 1 fully saturated rings. The number of aromatic nitrogens is 1. The molecule has 0 spiro atoms. The Hall–Kier alpha value is -2.10. The van der Waals surface area contributed by atoms with Gasteiger partial charge in [-0.15, -0.1) is 0 Å². The summed E-state index contributed by atoms with van der Waals surface area (Å²) in [5.41, 5.74) is 7.51. The normalized spacial score (nSPS) is 19.8. The van der Waals surface area contributed by atoms with Crippen LogP contribution in [0.3, 0.4) is 0 Å². The molecule has 1 heterocycles. The molecule has 4 heteroatoms. The summed E-state index contributed by atoms with van der Waals surface area (Å²) in [6.45, 7) is 5.18. The van der Waals surface area contributed by atoms with E-state index in [1.165, 1.54) is 6.42 Å². The summed E-state index contributed by atoms with van der Waals surface area (Å²) in [5.74, 6) is 0.885. The lowest BCUT2D eigenvalue weighted by Crippen LogP contribution is -2.27. The number of hydrogen-bond donors (Lipinski definition) is 2. The van der Waals surface area contributed by atoms with Crippen molar-refractivity contribution in [3.05, 3.63) is 35.9 Å². The maximum Gasteiger partial charge on any atom is 0.252 e. The fourth-order valence-electron chi connectivity index (χ4n) is 2.62. The van der Waals surface area contributed by atoms with Gasteiger partial charge in [0.05, 0.1) is 11.1 Å². The molecule has 1 aromatic carbocycles. The van der Waals surface area contributed by atoms with Crippen LogP contribution in [0.25, 0.3) is 10.9 Å². The van der Waals surface area contributed by atoms with Gasteiger partial charge in [-0.1, -0.05) is 32.0 Å². The molecule has 3 N–H and O–H groups in total. The fraction of sp³-hybridized carbons (Fsp3) is 0.375. The van der Waals surface area contributed by atoms with Crippen LogP contribution in [-0.4, -0.2) is 17.4 Å². The highest BCUT2D eigenvalue weighted by Crippen LogP contribution is 2.51. The van der Waals surface area contributed by atoms with Crippen molar-refractivity contribution < 1.29 is 4.79 Å². The predicted octanol–water partition coefficient (Wildman–Crippen LogP) is 2.59. The second-order valence-electron chi connectivity index (χ2n) is 6.21. The number of fused-ring (bicyclic) bond motifs is 1. The maximum atomic E-state index is 12.4. The number of para-hydroxylation sites is 1. The number of anilines is 1. The first-order valence-corrected chi connectivity index (χ1v) is 6.91. The van der Waals surface area contributed by atoms with Crippen molar-refractivity contribution in [1.29, 1.82) is 0 Å². The minimum atomic E-state index is -0.0713. The van der Waals surface area contributed by atoms with Gasteiger partial charge < -0.3 is 11.1 Å². The zero-order valence-corrected chi connectivity index (χ0v) is 11.8. The van der Waals surface area contributed by atoms with Crippen LogP contribution in [-0.2, 0) is 0 Å². The molecule has 1 amide bonds. The Balaban J connectivity index is 1.84. The van der Waals surface area contributed by atoms with Crippen molar-refractivity contribution in [3.63, 3.8) is 0 Å². The van der Waals surface area contributed by atoms with E-state index < -0.39 is 0 Å². The van der Waals surface area contributed by atoms with Crippen LogP contribution in [0.2, 0.25) is 0 Å². The number of nitrogens with zero attached hydrogens (tertiary/aromatic N) is 1. The Bertz CT molecular complexity index is 678. The molecule has 0 aliphatic heterocycles. The average molecular weight is 269 g/mol. The van der Waals surface area contributed by atoms with E-state index in [1.54, 1.807) is 6.07 Å². The number of nitrogens with two attached hydrogens (primary N) is 1. The number of carbonyl (C=O) groups is 1. The van der Waals surface area contributed by atoms with Crippen LogP contribution in [0.4, 0.5) is 5.82 Å². The van der Waals surface area contributed by atoms with Crippen molar-refractivity contribution >= 4 is 22.6 Å². The van der Waals surface area contributed by atoms with Crippen molar-refractivity contribution in [2.75, 3.05) is 12.3 Å². The van der Waals surface area contributed by atoms with Gasteiger partial charge in [-0.25, -0.2) is 4.98 Å². The van der Waals surface area contributed by atoms with Gasteiger partial charge in [0.1, 0.15) is 5.82 Å². The Morgan fingerprint density at radius 1 is 1.45 bits per heavy atom.